The van der Waals surface area contributed by atoms with E-state index < -0.39 is 5.91 Å². The molecule has 1 aromatic rings. The highest BCUT2D eigenvalue weighted by Gasteiger charge is 2.21. The number of rotatable bonds is 4. The molecule has 1 aromatic heterocycles. The number of nitrogens with zero attached hydrogens (tertiary/aromatic N) is 1. The number of hydrogen-bond acceptors (Lipinski definition) is 4. The smallest absolute Gasteiger partial charge is 0.251 e. The average Bonchev–Trinajstić information content (AvgIpc) is 2.80. The summed E-state index contributed by atoms with van der Waals surface area (Å²) in [6, 6.07) is 2.07. The van der Waals surface area contributed by atoms with Crippen molar-refractivity contribution in [3.05, 3.63) is 17.0 Å². The molecule has 0 spiro atoms. The molecule has 2 rings (SSSR count). The Labute approximate surface area is 116 Å². The van der Waals surface area contributed by atoms with Crippen LogP contribution >= 0.6 is 11.3 Å². The molecule has 1 saturated heterocycles. The van der Waals surface area contributed by atoms with Crippen molar-refractivity contribution in [3.63, 3.8) is 0 Å². The summed E-state index contributed by atoms with van der Waals surface area (Å²) in [5.74, 6) is -0.596. The molecule has 0 bridgehead atoms. The number of carbonyl (C=O) groups excluding carboxylic acids is 2. The lowest BCUT2D eigenvalue weighted by Crippen LogP contribution is -2.42. The highest BCUT2D eigenvalue weighted by Crippen LogP contribution is 2.23. The Morgan fingerprint density at radius 3 is 3.00 bits per heavy atom. The van der Waals surface area contributed by atoms with E-state index in [1.807, 2.05) is 0 Å². The van der Waals surface area contributed by atoms with Crippen LogP contribution in [0.2, 0.25) is 0 Å². The van der Waals surface area contributed by atoms with Crippen molar-refractivity contribution in [3.8, 4) is 0 Å². The number of carbonyl (C=O) groups is 2. The van der Waals surface area contributed by atoms with Crippen LogP contribution < -0.4 is 11.1 Å². The van der Waals surface area contributed by atoms with Crippen LogP contribution in [0.1, 0.15) is 36.5 Å². The van der Waals surface area contributed by atoms with E-state index in [9.17, 15) is 9.59 Å². The predicted molar refractivity (Wildman–Crippen MR) is 76.4 cm³/mol. The summed E-state index contributed by atoms with van der Waals surface area (Å²) in [6.07, 6.45) is 3.51. The third-order valence-corrected chi connectivity index (χ3v) is 4.30. The van der Waals surface area contributed by atoms with Crippen LogP contribution in [-0.2, 0) is 4.79 Å². The highest BCUT2D eigenvalue weighted by atomic mass is 32.1. The van der Waals surface area contributed by atoms with Gasteiger partial charge in [0.15, 0.2) is 0 Å². The Hall–Kier alpha value is -1.40. The van der Waals surface area contributed by atoms with Crippen molar-refractivity contribution in [2.75, 3.05) is 18.4 Å². The highest BCUT2D eigenvalue weighted by molar-refractivity contribution is 7.14. The largest absolute Gasteiger partial charge is 0.366 e. The lowest BCUT2D eigenvalue weighted by atomic mass is 10.0. The number of piperidine rings is 1. The summed E-state index contributed by atoms with van der Waals surface area (Å²) in [7, 11) is 0. The van der Waals surface area contributed by atoms with Crippen molar-refractivity contribution < 1.29 is 9.59 Å². The van der Waals surface area contributed by atoms with E-state index in [0.29, 0.717) is 23.2 Å². The average molecular weight is 281 g/mol. The van der Waals surface area contributed by atoms with E-state index in [1.54, 1.807) is 11.4 Å². The van der Waals surface area contributed by atoms with Gasteiger partial charge in [-0.25, -0.2) is 0 Å². The standard InChI is InChI=1S/C13H19N3O2S/c1-9-4-2-3-6-16(9)8-11(17)15-13-10(12(14)18)5-7-19-13/h5,7,9H,2-4,6,8H2,1H3,(H2,14,18)(H,15,17). The van der Waals surface area contributed by atoms with Crippen LogP contribution in [0, 0.1) is 0 Å². The first-order valence-electron chi connectivity index (χ1n) is 6.49. The fourth-order valence-corrected chi connectivity index (χ4v) is 3.15. The number of nitrogens with one attached hydrogen (secondary N) is 1. The number of nitrogens with two attached hydrogens (primary N) is 1. The Morgan fingerprint density at radius 2 is 2.32 bits per heavy atom. The fourth-order valence-electron chi connectivity index (χ4n) is 2.34. The number of likely N-dealkylation sites (tertiary alicyclic amines) is 1. The van der Waals surface area contributed by atoms with Gasteiger partial charge in [-0.05, 0) is 37.8 Å². The molecule has 104 valence electrons. The summed E-state index contributed by atoms with van der Waals surface area (Å²) in [5.41, 5.74) is 5.63. The minimum Gasteiger partial charge on any atom is -0.366 e. The normalized spacial score (nSPS) is 20.2. The quantitative estimate of drug-likeness (QED) is 0.881. The molecule has 0 radical (unpaired) electrons. The Morgan fingerprint density at radius 1 is 1.53 bits per heavy atom. The predicted octanol–water partition coefficient (Wildman–Crippen LogP) is 1.66. The maximum atomic E-state index is 12.0. The third kappa shape index (κ3) is 3.54. The number of thiophene rings is 1. The van der Waals surface area contributed by atoms with Crippen molar-refractivity contribution in [1.82, 2.24) is 4.90 Å². The Bertz CT molecular complexity index is 472. The van der Waals surface area contributed by atoms with Gasteiger partial charge in [0.05, 0.1) is 12.1 Å². The van der Waals surface area contributed by atoms with E-state index in [-0.39, 0.29) is 5.91 Å². The lowest BCUT2D eigenvalue weighted by Gasteiger charge is -2.32. The van der Waals surface area contributed by atoms with Crippen LogP contribution in [0.3, 0.4) is 0 Å². The van der Waals surface area contributed by atoms with Gasteiger partial charge in [-0.15, -0.1) is 11.3 Å². The van der Waals surface area contributed by atoms with Gasteiger partial charge in [0.25, 0.3) is 5.91 Å². The SMILES string of the molecule is CC1CCCCN1CC(=O)Nc1sccc1C(N)=O. The second kappa shape index (κ2) is 6.16. The summed E-state index contributed by atoms with van der Waals surface area (Å²) in [5, 5.41) is 5.07. The zero-order chi connectivity index (χ0) is 13.8. The topological polar surface area (TPSA) is 75.4 Å². The molecule has 0 aromatic carbocycles. The van der Waals surface area contributed by atoms with Gasteiger partial charge in [-0.2, -0.15) is 0 Å². The van der Waals surface area contributed by atoms with Crippen molar-refractivity contribution in [2.24, 2.45) is 5.73 Å². The lowest BCUT2D eigenvalue weighted by molar-refractivity contribution is -0.118. The molecule has 0 aliphatic carbocycles. The Kier molecular flexibility index (Phi) is 4.55. The molecule has 1 unspecified atom stereocenters. The van der Waals surface area contributed by atoms with Gasteiger partial charge in [0, 0.05) is 6.04 Å². The minimum atomic E-state index is -0.511. The van der Waals surface area contributed by atoms with Crippen molar-refractivity contribution in [2.45, 2.75) is 32.2 Å². The number of hydrogen-bond donors (Lipinski definition) is 2. The van der Waals surface area contributed by atoms with Gasteiger partial charge < -0.3 is 11.1 Å². The minimum absolute atomic E-state index is 0.0845. The molecule has 19 heavy (non-hydrogen) atoms. The van der Waals surface area contributed by atoms with Crippen molar-refractivity contribution >= 4 is 28.2 Å². The molecule has 1 aliphatic rings. The molecule has 2 amide bonds. The molecular weight excluding hydrogens is 262 g/mol. The first-order chi connectivity index (χ1) is 9.08. The molecule has 1 aliphatic heterocycles. The summed E-state index contributed by atoms with van der Waals surface area (Å²) in [6.45, 7) is 3.48. The molecule has 0 saturated carbocycles. The van der Waals surface area contributed by atoms with Gasteiger partial charge in [-0.3, -0.25) is 14.5 Å². The van der Waals surface area contributed by atoms with Crippen molar-refractivity contribution in [1.29, 1.82) is 0 Å². The number of primary amides is 1. The van der Waals surface area contributed by atoms with Gasteiger partial charge in [-0.1, -0.05) is 6.42 Å². The number of anilines is 1. The van der Waals surface area contributed by atoms with Crippen LogP contribution in [-0.4, -0.2) is 35.8 Å². The van der Waals surface area contributed by atoms with E-state index in [4.69, 9.17) is 5.73 Å². The van der Waals surface area contributed by atoms with Gasteiger partial charge in [0.1, 0.15) is 5.00 Å². The molecule has 6 heteroatoms. The summed E-state index contributed by atoms with van der Waals surface area (Å²) >= 11 is 1.32. The third-order valence-electron chi connectivity index (χ3n) is 3.47. The summed E-state index contributed by atoms with van der Waals surface area (Å²) in [4.78, 5) is 25.4. The first-order valence-corrected chi connectivity index (χ1v) is 7.37. The molecule has 2 heterocycles. The second-order valence-corrected chi connectivity index (χ2v) is 5.81. The second-order valence-electron chi connectivity index (χ2n) is 4.89. The van der Waals surface area contributed by atoms with E-state index in [0.717, 1.165) is 19.4 Å². The summed E-state index contributed by atoms with van der Waals surface area (Å²) < 4.78 is 0. The van der Waals surface area contributed by atoms with E-state index >= 15 is 0 Å². The number of amides is 2. The van der Waals surface area contributed by atoms with Crippen LogP contribution in [0.5, 0.6) is 0 Å². The molecular formula is C13H19N3O2S. The zero-order valence-corrected chi connectivity index (χ0v) is 11.8. The fraction of sp³-hybridized carbons (Fsp3) is 0.538. The molecule has 5 nitrogen and oxygen atoms in total. The van der Waals surface area contributed by atoms with Crippen LogP contribution in [0.4, 0.5) is 5.00 Å². The van der Waals surface area contributed by atoms with E-state index in [2.05, 4.69) is 17.1 Å². The van der Waals surface area contributed by atoms with Crippen LogP contribution in [0.25, 0.3) is 0 Å². The molecule has 1 atom stereocenters. The maximum Gasteiger partial charge on any atom is 0.251 e. The van der Waals surface area contributed by atoms with Gasteiger partial charge in [0.2, 0.25) is 5.91 Å². The van der Waals surface area contributed by atoms with Gasteiger partial charge >= 0.3 is 0 Å². The Balaban J connectivity index is 1.93. The zero-order valence-electron chi connectivity index (χ0n) is 11.0. The van der Waals surface area contributed by atoms with E-state index in [1.165, 1.54) is 17.8 Å². The first kappa shape index (κ1) is 14.0. The molecule has 3 N–H and O–H groups in total. The monoisotopic (exact) mass is 281 g/mol. The molecule has 1 fully saturated rings. The maximum absolute atomic E-state index is 12.0. The van der Waals surface area contributed by atoms with Crippen LogP contribution in [0.15, 0.2) is 11.4 Å².